The highest BCUT2D eigenvalue weighted by Crippen LogP contribution is 2.29. The Morgan fingerprint density at radius 1 is 1.18 bits per heavy atom. The maximum atomic E-state index is 13.1. The quantitative estimate of drug-likeness (QED) is 0.449. The third-order valence-electron chi connectivity index (χ3n) is 6.02. The van der Waals surface area contributed by atoms with Crippen LogP contribution in [0.1, 0.15) is 29.5 Å². The fraction of sp³-hybridized carbons (Fsp3) is 0.435. The molecule has 178 valence electrons. The number of rotatable bonds is 7. The van der Waals surface area contributed by atoms with Crippen LogP contribution in [0.3, 0.4) is 0 Å². The van der Waals surface area contributed by atoms with Gasteiger partial charge in [0.15, 0.2) is 0 Å². The van der Waals surface area contributed by atoms with Crippen molar-refractivity contribution in [1.29, 1.82) is 0 Å². The number of ether oxygens (including phenoxy) is 1. The van der Waals surface area contributed by atoms with Crippen molar-refractivity contribution >= 4 is 21.6 Å². The lowest BCUT2D eigenvalue weighted by molar-refractivity contribution is -0.385. The summed E-state index contributed by atoms with van der Waals surface area (Å²) >= 11 is 0. The van der Waals surface area contributed by atoms with Gasteiger partial charge in [0, 0.05) is 50.3 Å². The van der Waals surface area contributed by atoms with Crippen LogP contribution in [0.15, 0.2) is 41.3 Å². The second-order valence-corrected chi connectivity index (χ2v) is 10.3. The van der Waals surface area contributed by atoms with Gasteiger partial charge in [0.1, 0.15) is 5.75 Å². The summed E-state index contributed by atoms with van der Waals surface area (Å²) in [6.07, 6.45) is 0.780. The van der Waals surface area contributed by atoms with Gasteiger partial charge in [0.2, 0.25) is 15.9 Å². The Bertz CT molecular complexity index is 1160. The number of hydrogen-bond acceptors (Lipinski definition) is 6. The highest BCUT2D eigenvalue weighted by molar-refractivity contribution is 7.89. The fourth-order valence-electron chi connectivity index (χ4n) is 4.14. The normalized spacial score (nSPS) is 15.3. The molecule has 1 aliphatic rings. The standard InChI is InChI=1S/C23H29N3O6S/c1-16-5-8-21(32-4)19(13-16)15-24(3)23(27)18-9-11-25(12-10-18)33(30,31)22-14-20(26(28)29)7-6-17(22)2/h5-8,13-14,18H,9-12,15H2,1-4H3. The number of hydrogen-bond donors (Lipinski definition) is 0. The number of amides is 1. The van der Waals surface area contributed by atoms with Gasteiger partial charge in [-0.05, 0) is 38.3 Å². The van der Waals surface area contributed by atoms with E-state index in [9.17, 15) is 23.3 Å². The Balaban J connectivity index is 1.68. The lowest BCUT2D eigenvalue weighted by Crippen LogP contribution is -2.43. The molecule has 0 spiro atoms. The molecule has 1 amide bonds. The van der Waals surface area contributed by atoms with Gasteiger partial charge >= 0.3 is 0 Å². The number of nitro benzene ring substituents is 1. The number of carbonyl (C=O) groups excluding carboxylic acids is 1. The number of aryl methyl sites for hydroxylation is 2. The highest BCUT2D eigenvalue weighted by atomic mass is 32.2. The van der Waals surface area contributed by atoms with Gasteiger partial charge in [-0.2, -0.15) is 4.31 Å². The van der Waals surface area contributed by atoms with E-state index in [1.54, 1.807) is 26.0 Å². The fourth-order valence-corrected chi connectivity index (χ4v) is 5.85. The Morgan fingerprint density at radius 2 is 1.85 bits per heavy atom. The molecule has 33 heavy (non-hydrogen) atoms. The summed E-state index contributed by atoms with van der Waals surface area (Å²) in [7, 11) is -0.565. The third-order valence-corrected chi connectivity index (χ3v) is 8.06. The molecule has 0 aliphatic carbocycles. The number of piperidine rings is 1. The van der Waals surface area contributed by atoms with Gasteiger partial charge in [-0.1, -0.05) is 23.8 Å². The minimum Gasteiger partial charge on any atom is -0.496 e. The van der Waals surface area contributed by atoms with Gasteiger partial charge in [-0.15, -0.1) is 0 Å². The molecule has 1 saturated heterocycles. The average molecular weight is 476 g/mol. The number of benzene rings is 2. The van der Waals surface area contributed by atoms with Crippen molar-refractivity contribution in [2.75, 3.05) is 27.2 Å². The zero-order valence-electron chi connectivity index (χ0n) is 19.3. The molecule has 0 bridgehead atoms. The van der Waals surface area contributed by atoms with Crippen LogP contribution in [0.2, 0.25) is 0 Å². The second-order valence-electron chi connectivity index (χ2n) is 8.39. The first-order valence-electron chi connectivity index (χ1n) is 10.7. The summed E-state index contributed by atoms with van der Waals surface area (Å²) in [6.45, 7) is 4.35. The van der Waals surface area contributed by atoms with Gasteiger partial charge < -0.3 is 9.64 Å². The molecule has 0 N–H and O–H groups in total. The van der Waals surface area contributed by atoms with Crippen LogP contribution < -0.4 is 4.74 Å². The monoisotopic (exact) mass is 475 g/mol. The number of carbonyl (C=O) groups is 1. The number of non-ortho nitro benzene ring substituents is 1. The van der Waals surface area contributed by atoms with Gasteiger partial charge in [0.05, 0.1) is 16.9 Å². The Labute approximate surface area is 194 Å². The smallest absolute Gasteiger partial charge is 0.270 e. The summed E-state index contributed by atoms with van der Waals surface area (Å²) < 4.78 is 33.0. The van der Waals surface area contributed by atoms with Gasteiger partial charge in [-0.25, -0.2) is 8.42 Å². The first-order chi connectivity index (χ1) is 15.5. The predicted molar refractivity (Wildman–Crippen MR) is 124 cm³/mol. The van der Waals surface area contributed by atoms with Crippen LogP contribution in [-0.2, 0) is 21.4 Å². The summed E-state index contributed by atoms with van der Waals surface area (Å²) in [5.41, 5.74) is 2.17. The molecular weight excluding hydrogens is 446 g/mol. The molecule has 3 rings (SSSR count). The number of sulfonamides is 1. The second kappa shape index (κ2) is 9.88. The maximum Gasteiger partial charge on any atom is 0.270 e. The molecule has 2 aromatic rings. The lowest BCUT2D eigenvalue weighted by atomic mass is 9.96. The largest absolute Gasteiger partial charge is 0.496 e. The molecule has 1 aliphatic heterocycles. The van der Waals surface area contributed by atoms with E-state index >= 15 is 0 Å². The summed E-state index contributed by atoms with van der Waals surface area (Å²) in [5, 5.41) is 11.1. The molecule has 0 atom stereocenters. The van der Waals surface area contributed by atoms with Crippen molar-refractivity contribution in [1.82, 2.24) is 9.21 Å². The summed E-state index contributed by atoms with van der Waals surface area (Å²) in [4.78, 5) is 25.1. The Morgan fingerprint density at radius 3 is 2.45 bits per heavy atom. The number of methoxy groups -OCH3 is 1. The maximum absolute atomic E-state index is 13.1. The third kappa shape index (κ3) is 5.33. The Kier molecular flexibility index (Phi) is 7.38. The van der Waals surface area contributed by atoms with Crippen molar-refractivity contribution in [3.05, 3.63) is 63.2 Å². The number of nitrogens with zero attached hydrogens (tertiary/aromatic N) is 3. The highest BCUT2D eigenvalue weighted by Gasteiger charge is 2.34. The van der Waals surface area contributed by atoms with E-state index in [1.165, 1.54) is 16.4 Å². The minimum absolute atomic E-state index is 0.0397. The first-order valence-corrected chi connectivity index (χ1v) is 12.1. The zero-order valence-corrected chi connectivity index (χ0v) is 20.1. The Hall–Kier alpha value is -2.98. The van der Waals surface area contributed by atoms with Crippen molar-refractivity contribution in [2.24, 2.45) is 5.92 Å². The van der Waals surface area contributed by atoms with Crippen LogP contribution in [0.25, 0.3) is 0 Å². The van der Waals surface area contributed by atoms with Crippen LogP contribution in [0, 0.1) is 29.9 Å². The van der Waals surface area contributed by atoms with Crippen LogP contribution >= 0.6 is 0 Å². The molecule has 1 fully saturated rings. The van der Waals surface area contributed by atoms with E-state index < -0.39 is 14.9 Å². The van der Waals surface area contributed by atoms with Crippen molar-refractivity contribution in [3.8, 4) is 5.75 Å². The predicted octanol–water partition coefficient (Wildman–Crippen LogP) is 3.28. The van der Waals surface area contributed by atoms with Crippen LogP contribution in [-0.4, -0.2) is 55.7 Å². The van der Waals surface area contributed by atoms with E-state index in [2.05, 4.69) is 0 Å². The average Bonchev–Trinajstić information content (AvgIpc) is 2.78. The summed E-state index contributed by atoms with van der Waals surface area (Å²) in [6, 6.07) is 9.64. The van der Waals surface area contributed by atoms with E-state index in [4.69, 9.17) is 4.74 Å². The molecule has 0 unspecified atom stereocenters. The van der Waals surface area contributed by atoms with Gasteiger partial charge in [-0.3, -0.25) is 14.9 Å². The van der Waals surface area contributed by atoms with Crippen molar-refractivity contribution < 1.29 is 22.9 Å². The number of nitro groups is 1. The molecule has 10 heteroatoms. The molecule has 0 saturated carbocycles. The van der Waals surface area contributed by atoms with Crippen LogP contribution in [0.4, 0.5) is 5.69 Å². The molecule has 0 radical (unpaired) electrons. The SMILES string of the molecule is COc1ccc(C)cc1CN(C)C(=O)C1CCN(S(=O)(=O)c2cc([N+](=O)[O-])ccc2C)CC1. The minimum atomic E-state index is -3.89. The van der Waals surface area contributed by atoms with Crippen LogP contribution in [0.5, 0.6) is 5.75 Å². The van der Waals surface area contributed by atoms with E-state index in [0.29, 0.717) is 30.7 Å². The molecule has 0 aromatic heterocycles. The topological polar surface area (TPSA) is 110 Å². The summed E-state index contributed by atoms with van der Waals surface area (Å²) in [5.74, 6) is 0.388. The first kappa shape index (κ1) is 24.7. The van der Waals surface area contributed by atoms with E-state index in [-0.39, 0.29) is 35.5 Å². The van der Waals surface area contributed by atoms with Gasteiger partial charge in [0.25, 0.3) is 5.69 Å². The van der Waals surface area contributed by atoms with Crippen molar-refractivity contribution in [3.63, 3.8) is 0 Å². The van der Waals surface area contributed by atoms with E-state index in [1.807, 2.05) is 25.1 Å². The molecule has 1 heterocycles. The molecule has 9 nitrogen and oxygen atoms in total. The van der Waals surface area contributed by atoms with Crippen molar-refractivity contribution in [2.45, 2.75) is 38.1 Å². The van der Waals surface area contributed by atoms with E-state index in [0.717, 1.165) is 17.2 Å². The molecular formula is C23H29N3O6S. The molecule has 2 aromatic carbocycles. The lowest BCUT2D eigenvalue weighted by Gasteiger charge is -2.33. The zero-order chi connectivity index (χ0) is 24.3.